The Kier molecular flexibility index (Phi) is 12.3. The summed E-state index contributed by atoms with van der Waals surface area (Å²) in [4.78, 5) is 4.76. The van der Waals surface area contributed by atoms with Crippen molar-refractivity contribution in [2.75, 3.05) is 9.80 Å². The molecule has 0 bridgehead atoms. The van der Waals surface area contributed by atoms with E-state index in [1.807, 2.05) is 0 Å². The van der Waals surface area contributed by atoms with Crippen molar-refractivity contribution < 1.29 is 0 Å². The number of anilines is 6. The van der Waals surface area contributed by atoms with E-state index < -0.39 is 0 Å². The van der Waals surface area contributed by atoms with E-state index in [2.05, 4.69) is 325 Å². The monoisotopic (exact) mass is 968 g/mol. The summed E-state index contributed by atoms with van der Waals surface area (Å²) in [5, 5.41) is 4.83. The maximum Gasteiger partial charge on any atom is 0.0540 e. The third-order valence-electron chi connectivity index (χ3n) is 14.7. The fraction of sp³-hybridized carbons (Fsp3) is 0. The summed E-state index contributed by atoms with van der Waals surface area (Å²) >= 11 is 0. The van der Waals surface area contributed by atoms with Crippen LogP contribution in [0.25, 0.3) is 88.3 Å². The van der Waals surface area contributed by atoms with Crippen LogP contribution in [-0.2, 0) is 0 Å². The third-order valence-corrected chi connectivity index (χ3v) is 14.7. The summed E-state index contributed by atoms with van der Waals surface area (Å²) in [6.07, 6.45) is 0. The zero-order chi connectivity index (χ0) is 50.6. The molecule has 0 amide bonds. The third kappa shape index (κ3) is 9.21. The second-order valence-corrected chi connectivity index (χ2v) is 19.3. The minimum atomic E-state index is 1.10. The second kappa shape index (κ2) is 20.5. The Balaban J connectivity index is 0.765. The minimum Gasteiger partial charge on any atom is -0.310 e. The molecule has 0 aliphatic heterocycles. The van der Waals surface area contributed by atoms with E-state index in [1.54, 1.807) is 0 Å². The number of nitrogens with zero attached hydrogens (tertiary/aromatic N) is 2. The molecule has 2 nitrogen and oxygen atoms in total. The molecular weight excluding hydrogens is 917 g/mol. The Morgan fingerprint density at radius 1 is 0.145 bits per heavy atom. The first kappa shape index (κ1) is 45.8. The summed E-state index contributed by atoms with van der Waals surface area (Å²) < 4.78 is 0. The van der Waals surface area contributed by atoms with Gasteiger partial charge < -0.3 is 9.80 Å². The molecule has 2 heteroatoms. The number of rotatable bonds is 12. The van der Waals surface area contributed by atoms with E-state index in [9.17, 15) is 0 Å². The summed E-state index contributed by atoms with van der Waals surface area (Å²) in [5.41, 5.74) is 21.0. The molecule has 13 aromatic rings. The molecule has 0 N–H and O–H groups in total. The molecule has 76 heavy (non-hydrogen) atoms. The van der Waals surface area contributed by atoms with Gasteiger partial charge in [-0.2, -0.15) is 0 Å². The largest absolute Gasteiger partial charge is 0.310 e. The number of fused-ring (bicyclic) bond motifs is 2. The van der Waals surface area contributed by atoms with Crippen molar-refractivity contribution in [1.82, 2.24) is 0 Å². The van der Waals surface area contributed by atoms with Gasteiger partial charge in [0, 0.05) is 33.5 Å². The Bertz CT molecular complexity index is 3790. The van der Waals surface area contributed by atoms with Gasteiger partial charge >= 0.3 is 0 Å². The average molecular weight is 969 g/mol. The average Bonchev–Trinajstić information content (AvgIpc) is 3.51. The lowest BCUT2D eigenvalue weighted by atomic mass is 9.99. The molecule has 0 spiro atoms. The first-order chi connectivity index (χ1) is 37.7. The van der Waals surface area contributed by atoms with Gasteiger partial charge in [-0.3, -0.25) is 0 Å². The van der Waals surface area contributed by atoms with E-state index >= 15 is 0 Å². The predicted molar refractivity (Wildman–Crippen MR) is 323 cm³/mol. The molecule has 0 atom stereocenters. The minimum absolute atomic E-state index is 1.10. The Morgan fingerprint density at radius 2 is 0.342 bits per heavy atom. The zero-order valence-corrected chi connectivity index (χ0v) is 41.9. The summed E-state index contributed by atoms with van der Waals surface area (Å²) in [6, 6.07) is 114. The second-order valence-electron chi connectivity index (χ2n) is 19.3. The Morgan fingerprint density at radius 3 is 0.605 bits per heavy atom. The number of hydrogen-bond donors (Lipinski definition) is 0. The van der Waals surface area contributed by atoms with Crippen LogP contribution in [0.5, 0.6) is 0 Å². The van der Waals surface area contributed by atoms with Crippen molar-refractivity contribution in [2.45, 2.75) is 0 Å². The molecule has 0 saturated carbocycles. The van der Waals surface area contributed by atoms with E-state index in [-0.39, 0.29) is 0 Å². The predicted octanol–water partition coefficient (Wildman–Crippen LogP) is 20.9. The van der Waals surface area contributed by atoms with Gasteiger partial charge in [0.2, 0.25) is 0 Å². The van der Waals surface area contributed by atoms with Crippen LogP contribution in [0.15, 0.2) is 315 Å². The van der Waals surface area contributed by atoms with Crippen molar-refractivity contribution in [2.24, 2.45) is 0 Å². The maximum absolute atomic E-state index is 2.38. The highest BCUT2D eigenvalue weighted by Gasteiger charge is 2.18. The lowest BCUT2D eigenvalue weighted by Gasteiger charge is -2.27. The molecule has 358 valence electrons. The highest BCUT2D eigenvalue weighted by atomic mass is 15.1. The molecular formula is C74H52N2. The summed E-state index contributed by atoms with van der Waals surface area (Å²) in [7, 11) is 0. The Hall–Kier alpha value is -10.0. The van der Waals surface area contributed by atoms with Gasteiger partial charge in [0.05, 0.1) is 11.4 Å². The van der Waals surface area contributed by atoms with Crippen molar-refractivity contribution in [3.05, 3.63) is 315 Å². The van der Waals surface area contributed by atoms with Crippen LogP contribution in [-0.4, -0.2) is 0 Å². The fourth-order valence-corrected chi connectivity index (χ4v) is 10.7. The van der Waals surface area contributed by atoms with Gasteiger partial charge in [-0.05, 0) is 138 Å². The fourth-order valence-electron chi connectivity index (χ4n) is 10.7. The van der Waals surface area contributed by atoms with Crippen LogP contribution in [0.1, 0.15) is 0 Å². The van der Waals surface area contributed by atoms with Crippen LogP contribution in [0.4, 0.5) is 34.1 Å². The molecule has 0 aromatic heterocycles. The zero-order valence-electron chi connectivity index (χ0n) is 41.9. The molecule has 13 rings (SSSR count). The van der Waals surface area contributed by atoms with Crippen molar-refractivity contribution in [3.8, 4) is 66.8 Å². The topological polar surface area (TPSA) is 6.48 Å². The van der Waals surface area contributed by atoms with Crippen LogP contribution in [0.2, 0.25) is 0 Å². The van der Waals surface area contributed by atoms with Gasteiger partial charge in [0.15, 0.2) is 0 Å². The number of benzene rings is 13. The van der Waals surface area contributed by atoms with Crippen LogP contribution >= 0.6 is 0 Å². The van der Waals surface area contributed by atoms with Crippen molar-refractivity contribution in [3.63, 3.8) is 0 Å². The standard InChI is InChI=1S/C74H52N2/c1-3-13-53(14-4-1)55-25-29-57(30-26-55)61-37-45-67(46-38-61)75(73-23-11-19-65-17-7-9-21-71(65)73)69-49-41-63(42-50-69)59-33-35-60(36-34-59)64-43-51-70(52-44-64)76(74-24-12-20-66-18-8-10-22-72(66)74)68-47-39-62(40-48-68)58-31-27-56(28-32-58)54-15-5-2-6-16-54/h1-52H. The van der Waals surface area contributed by atoms with Crippen molar-refractivity contribution in [1.29, 1.82) is 0 Å². The molecule has 0 aliphatic carbocycles. The van der Waals surface area contributed by atoms with E-state index in [4.69, 9.17) is 0 Å². The Labute approximate surface area is 445 Å². The smallest absolute Gasteiger partial charge is 0.0540 e. The maximum atomic E-state index is 2.38. The van der Waals surface area contributed by atoms with Crippen LogP contribution in [0, 0.1) is 0 Å². The van der Waals surface area contributed by atoms with Crippen LogP contribution < -0.4 is 9.80 Å². The summed E-state index contributed by atoms with van der Waals surface area (Å²) in [5.74, 6) is 0. The molecule has 0 unspecified atom stereocenters. The van der Waals surface area contributed by atoms with E-state index in [1.165, 1.54) is 88.3 Å². The lowest BCUT2D eigenvalue weighted by Crippen LogP contribution is -2.10. The highest BCUT2D eigenvalue weighted by Crippen LogP contribution is 2.43. The first-order valence-corrected chi connectivity index (χ1v) is 26.1. The first-order valence-electron chi connectivity index (χ1n) is 26.1. The van der Waals surface area contributed by atoms with Crippen LogP contribution in [0.3, 0.4) is 0 Å². The molecule has 0 saturated heterocycles. The lowest BCUT2D eigenvalue weighted by molar-refractivity contribution is 1.30. The normalized spacial score (nSPS) is 11.2. The molecule has 0 heterocycles. The molecule has 0 fully saturated rings. The summed E-state index contributed by atoms with van der Waals surface area (Å²) in [6.45, 7) is 0. The van der Waals surface area contributed by atoms with Gasteiger partial charge in [0.1, 0.15) is 0 Å². The quantitative estimate of drug-likeness (QED) is 0.120. The van der Waals surface area contributed by atoms with E-state index in [0.29, 0.717) is 0 Å². The molecule has 0 aliphatic rings. The molecule has 0 radical (unpaired) electrons. The van der Waals surface area contributed by atoms with Gasteiger partial charge in [-0.1, -0.05) is 255 Å². The van der Waals surface area contributed by atoms with E-state index in [0.717, 1.165) is 34.1 Å². The SMILES string of the molecule is c1ccc(-c2ccc(-c3ccc(N(c4ccc(-c5ccc(-c6ccc(N(c7ccc(-c8ccc(-c9ccccc9)cc8)cc7)c7cccc8ccccc78)cc6)cc5)cc4)c4cccc5ccccc45)cc3)cc2)cc1. The van der Waals surface area contributed by atoms with Crippen molar-refractivity contribution >= 4 is 55.7 Å². The number of hydrogen-bond acceptors (Lipinski definition) is 2. The van der Waals surface area contributed by atoms with Gasteiger partial charge in [-0.25, -0.2) is 0 Å². The van der Waals surface area contributed by atoms with Gasteiger partial charge in [-0.15, -0.1) is 0 Å². The molecule has 13 aromatic carbocycles. The highest BCUT2D eigenvalue weighted by molar-refractivity contribution is 6.00. The van der Waals surface area contributed by atoms with Gasteiger partial charge in [0.25, 0.3) is 0 Å².